The molecule has 23 heavy (non-hydrogen) atoms. The third-order valence-electron chi connectivity index (χ3n) is 4.51. The van der Waals surface area contributed by atoms with Crippen LogP contribution in [-0.4, -0.2) is 47.5 Å². The lowest BCUT2D eigenvalue weighted by atomic mass is 10.1. The molecule has 2 atom stereocenters. The number of amides is 1. The number of nitro groups is 1. The van der Waals surface area contributed by atoms with Crippen LogP contribution in [0.3, 0.4) is 0 Å². The van der Waals surface area contributed by atoms with Crippen LogP contribution in [0.4, 0.5) is 5.69 Å². The highest BCUT2D eigenvalue weighted by Crippen LogP contribution is 2.29. The maximum absolute atomic E-state index is 12.7. The third kappa shape index (κ3) is 3.29. The maximum Gasteiger partial charge on any atom is 0.311 e. The summed E-state index contributed by atoms with van der Waals surface area (Å²) in [5.74, 6) is 0.0520. The van der Waals surface area contributed by atoms with Gasteiger partial charge in [0, 0.05) is 36.8 Å². The summed E-state index contributed by atoms with van der Waals surface area (Å²) in [6.45, 7) is 3.46. The summed E-state index contributed by atoms with van der Waals surface area (Å²) >= 11 is 0. The lowest BCUT2D eigenvalue weighted by molar-refractivity contribution is -0.385. The molecular formula is C16H21N3O4. The molecule has 0 aromatic heterocycles. The highest BCUT2D eigenvalue weighted by Gasteiger charge is 2.32. The number of likely N-dealkylation sites (tertiary alicyclic amines) is 1. The second kappa shape index (κ2) is 6.54. The molecule has 7 nitrogen and oxygen atoms in total. The summed E-state index contributed by atoms with van der Waals surface area (Å²) < 4.78 is 5.26. The molecule has 3 rings (SSSR count). The summed E-state index contributed by atoms with van der Waals surface area (Å²) in [4.78, 5) is 25.2. The van der Waals surface area contributed by atoms with E-state index in [4.69, 9.17) is 4.74 Å². The van der Waals surface area contributed by atoms with E-state index in [2.05, 4.69) is 5.32 Å². The predicted molar refractivity (Wildman–Crippen MR) is 84.7 cm³/mol. The van der Waals surface area contributed by atoms with Gasteiger partial charge in [0.05, 0.1) is 11.5 Å². The average molecular weight is 319 g/mol. The van der Waals surface area contributed by atoms with Gasteiger partial charge in [-0.2, -0.15) is 0 Å². The number of hydrogen-bond donors (Lipinski definition) is 1. The number of nitrogens with one attached hydrogen (secondary N) is 1. The van der Waals surface area contributed by atoms with Crippen LogP contribution in [0, 0.1) is 10.1 Å². The average Bonchev–Trinajstić information content (AvgIpc) is 2.86. The van der Waals surface area contributed by atoms with Gasteiger partial charge in [-0.25, -0.2) is 0 Å². The number of nitrogens with zero attached hydrogens (tertiary/aromatic N) is 2. The highest BCUT2D eigenvalue weighted by atomic mass is 16.6. The van der Waals surface area contributed by atoms with E-state index in [-0.39, 0.29) is 17.3 Å². The zero-order valence-corrected chi connectivity index (χ0v) is 13.2. The summed E-state index contributed by atoms with van der Waals surface area (Å²) in [5.41, 5.74) is 0.185. The summed E-state index contributed by atoms with van der Waals surface area (Å²) in [6, 6.07) is 5.27. The van der Waals surface area contributed by atoms with E-state index in [0.29, 0.717) is 37.3 Å². The molecular weight excluding hydrogens is 298 g/mol. The standard InChI is InChI=1S/C16H21N3O4/c1-2-23-15-6-3-11(9-14(15)19(21)22)16(20)18-8-7-12-4-5-13(10-18)17-12/h3,6,9,12-13,17H,2,4-5,7-8,10H2,1H3. The first kappa shape index (κ1) is 15.7. The quantitative estimate of drug-likeness (QED) is 0.677. The van der Waals surface area contributed by atoms with Gasteiger partial charge in [-0.3, -0.25) is 14.9 Å². The molecule has 2 aliphatic heterocycles. The Morgan fingerprint density at radius 2 is 2.17 bits per heavy atom. The van der Waals surface area contributed by atoms with Crippen LogP contribution < -0.4 is 10.1 Å². The SMILES string of the molecule is CCOc1ccc(C(=O)N2CCC3CCC(C2)N3)cc1[N+](=O)[O-]. The van der Waals surface area contributed by atoms with Gasteiger partial charge in [-0.15, -0.1) is 0 Å². The van der Waals surface area contributed by atoms with Crippen LogP contribution in [0.15, 0.2) is 18.2 Å². The van der Waals surface area contributed by atoms with Crippen molar-refractivity contribution >= 4 is 11.6 Å². The fraction of sp³-hybridized carbons (Fsp3) is 0.562. The Balaban J connectivity index is 1.81. The van der Waals surface area contributed by atoms with Gasteiger partial charge < -0.3 is 15.0 Å². The highest BCUT2D eigenvalue weighted by molar-refractivity contribution is 5.95. The van der Waals surface area contributed by atoms with Gasteiger partial charge in [0.25, 0.3) is 5.91 Å². The number of rotatable bonds is 4. The fourth-order valence-corrected chi connectivity index (χ4v) is 3.38. The normalized spacial score (nSPS) is 23.4. The molecule has 0 aliphatic carbocycles. The molecule has 0 spiro atoms. The van der Waals surface area contributed by atoms with Crippen LogP contribution in [0.1, 0.15) is 36.5 Å². The van der Waals surface area contributed by atoms with E-state index < -0.39 is 4.92 Å². The molecule has 0 radical (unpaired) electrons. The zero-order valence-electron chi connectivity index (χ0n) is 13.2. The van der Waals surface area contributed by atoms with E-state index >= 15 is 0 Å². The number of benzene rings is 1. The van der Waals surface area contributed by atoms with E-state index in [9.17, 15) is 14.9 Å². The number of hydrogen-bond acceptors (Lipinski definition) is 5. The minimum Gasteiger partial charge on any atom is -0.487 e. The Hall–Kier alpha value is -2.15. The van der Waals surface area contributed by atoms with Gasteiger partial charge in [0.2, 0.25) is 0 Å². The first-order chi connectivity index (χ1) is 11.1. The summed E-state index contributed by atoms with van der Waals surface area (Å²) in [7, 11) is 0. The molecule has 1 aromatic rings. The maximum atomic E-state index is 12.7. The molecule has 2 fully saturated rings. The zero-order chi connectivity index (χ0) is 16.4. The fourth-order valence-electron chi connectivity index (χ4n) is 3.38. The summed E-state index contributed by atoms with van der Waals surface area (Å²) in [6.07, 6.45) is 3.18. The first-order valence-corrected chi connectivity index (χ1v) is 8.05. The molecule has 2 aliphatic rings. The molecule has 7 heteroatoms. The molecule has 0 saturated carbocycles. The van der Waals surface area contributed by atoms with Gasteiger partial charge in [-0.1, -0.05) is 0 Å². The van der Waals surface area contributed by atoms with Crippen molar-refractivity contribution in [3.8, 4) is 5.75 Å². The van der Waals surface area contributed by atoms with Gasteiger partial charge >= 0.3 is 5.69 Å². The minimum absolute atomic E-state index is 0.148. The Labute approximate surface area is 134 Å². The predicted octanol–water partition coefficient (Wildman–Crippen LogP) is 1.96. The molecule has 1 N–H and O–H groups in total. The Bertz CT molecular complexity index is 619. The van der Waals surface area contributed by atoms with Crippen molar-refractivity contribution in [2.75, 3.05) is 19.7 Å². The van der Waals surface area contributed by atoms with Gasteiger partial charge in [0.1, 0.15) is 0 Å². The van der Waals surface area contributed by atoms with Crippen molar-refractivity contribution in [2.24, 2.45) is 0 Å². The smallest absolute Gasteiger partial charge is 0.311 e. The monoisotopic (exact) mass is 319 g/mol. The minimum atomic E-state index is -0.506. The van der Waals surface area contributed by atoms with Crippen molar-refractivity contribution in [1.82, 2.24) is 10.2 Å². The van der Waals surface area contributed by atoms with Crippen molar-refractivity contribution in [1.29, 1.82) is 0 Å². The molecule has 1 amide bonds. The molecule has 124 valence electrons. The molecule has 2 heterocycles. The number of carbonyl (C=O) groups excluding carboxylic acids is 1. The number of carbonyl (C=O) groups is 1. The van der Waals surface area contributed by atoms with Crippen LogP contribution in [0.25, 0.3) is 0 Å². The van der Waals surface area contributed by atoms with Crippen LogP contribution in [0.2, 0.25) is 0 Å². The van der Waals surface area contributed by atoms with Crippen LogP contribution in [0.5, 0.6) is 5.75 Å². The number of nitro benzene ring substituents is 1. The molecule has 1 aromatic carbocycles. The Morgan fingerprint density at radius 1 is 1.39 bits per heavy atom. The lowest BCUT2D eigenvalue weighted by Crippen LogP contribution is -2.39. The Kier molecular flexibility index (Phi) is 4.47. The van der Waals surface area contributed by atoms with Crippen molar-refractivity contribution in [3.63, 3.8) is 0 Å². The third-order valence-corrected chi connectivity index (χ3v) is 4.51. The van der Waals surface area contributed by atoms with Crippen LogP contribution >= 0.6 is 0 Å². The number of ether oxygens (including phenoxy) is 1. The second-order valence-corrected chi connectivity index (χ2v) is 6.05. The second-order valence-electron chi connectivity index (χ2n) is 6.05. The lowest BCUT2D eigenvalue weighted by Gasteiger charge is -2.24. The van der Waals surface area contributed by atoms with E-state index in [1.54, 1.807) is 17.9 Å². The summed E-state index contributed by atoms with van der Waals surface area (Å²) in [5, 5.41) is 14.7. The first-order valence-electron chi connectivity index (χ1n) is 8.05. The van der Waals surface area contributed by atoms with E-state index in [0.717, 1.165) is 12.8 Å². The van der Waals surface area contributed by atoms with Crippen molar-refractivity contribution in [3.05, 3.63) is 33.9 Å². The van der Waals surface area contributed by atoms with E-state index in [1.165, 1.54) is 18.6 Å². The molecule has 2 unspecified atom stereocenters. The molecule has 2 saturated heterocycles. The largest absolute Gasteiger partial charge is 0.487 e. The number of fused-ring (bicyclic) bond motifs is 2. The van der Waals surface area contributed by atoms with Crippen LogP contribution in [-0.2, 0) is 0 Å². The van der Waals surface area contributed by atoms with Gasteiger partial charge in [-0.05, 0) is 38.3 Å². The van der Waals surface area contributed by atoms with Crippen molar-refractivity contribution in [2.45, 2.75) is 38.3 Å². The van der Waals surface area contributed by atoms with E-state index in [1.807, 2.05) is 0 Å². The van der Waals surface area contributed by atoms with Gasteiger partial charge in [0.15, 0.2) is 5.75 Å². The molecule has 2 bridgehead atoms. The topological polar surface area (TPSA) is 84.7 Å². The van der Waals surface area contributed by atoms with Crippen molar-refractivity contribution < 1.29 is 14.5 Å². The Morgan fingerprint density at radius 3 is 2.91 bits per heavy atom.